The van der Waals surface area contributed by atoms with Crippen molar-refractivity contribution >= 4 is 23.3 Å². The van der Waals surface area contributed by atoms with Gasteiger partial charge in [0.25, 0.3) is 0 Å². The van der Waals surface area contributed by atoms with Crippen LogP contribution in [0.15, 0.2) is 58.8 Å². The van der Waals surface area contributed by atoms with Crippen LogP contribution in [0, 0.1) is 6.92 Å². The van der Waals surface area contributed by atoms with E-state index in [9.17, 15) is 0 Å². The molecule has 0 saturated carbocycles. The van der Waals surface area contributed by atoms with Gasteiger partial charge in [-0.15, -0.1) is 5.10 Å². The molecule has 2 unspecified atom stereocenters. The Kier molecular flexibility index (Phi) is 3.72. The number of hydrogen-bond donors (Lipinski definition) is 0. The quantitative estimate of drug-likeness (QED) is 0.696. The van der Waals surface area contributed by atoms with Crippen molar-refractivity contribution in [2.45, 2.75) is 23.4 Å². The first-order valence-electron chi connectivity index (χ1n) is 8.82. The highest BCUT2D eigenvalue weighted by molar-refractivity contribution is 8.01. The number of oxime groups is 1. The average Bonchev–Trinajstić information content (AvgIpc) is 3.33. The van der Waals surface area contributed by atoms with Gasteiger partial charge in [-0.25, -0.2) is 4.98 Å². The zero-order chi connectivity index (χ0) is 18.5. The fourth-order valence-electron chi connectivity index (χ4n) is 3.29. The minimum Gasteiger partial charge on any atom is -0.384 e. The van der Waals surface area contributed by atoms with Gasteiger partial charge in [0.1, 0.15) is 5.25 Å². The van der Waals surface area contributed by atoms with E-state index in [1.165, 1.54) is 5.56 Å². The second-order valence-corrected chi connectivity index (χ2v) is 8.10. The lowest BCUT2D eigenvalue weighted by Crippen LogP contribution is -2.21. The minimum absolute atomic E-state index is 0.0808. The summed E-state index contributed by atoms with van der Waals surface area (Å²) in [5.41, 5.74) is 4.50. The van der Waals surface area contributed by atoms with Gasteiger partial charge in [-0.2, -0.15) is 4.68 Å². The Bertz CT molecular complexity index is 1020. The second kappa shape index (κ2) is 6.13. The van der Waals surface area contributed by atoms with Crippen molar-refractivity contribution in [1.29, 1.82) is 0 Å². The van der Waals surface area contributed by atoms with Crippen molar-refractivity contribution in [2.24, 2.45) is 5.16 Å². The predicted molar refractivity (Wildman–Crippen MR) is 107 cm³/mol. The van der Waals surface area contributed by atoms with Crippen LogP contribution in [-0.4, -0.2) is 39.9 Å². The first-order valence-corrected chi connectivity index (χ1v) is 9.70. The van der Waals surface area contributed by atoms with E-state index in [1.807, 2.05) is 30.9 Å². The molecule has 2 aliphatic heterocycles. The number of aromatic nitrogens is 3. The lowest BCUT2D eigenvalue weighted by atomic mass is 10.1. The fraction of sp³-hybridized carbons (Fsp3) is 0.250. The molecule has 2 atom stereocenters. The van der Waals surface area contributed by atoms with Crippen molar-refractivity contribution in [1.82, 2.24) is 14.8 Å². The first kappa shape index (κ1) is 16.4. The van der Waals surface area contributed by atoms with Crippen molar-refractivity contribution in [2.75, 3.05) is 19.0 Å². The van der Waals surface area contributed by atoms with Crippen LogP contribution in [0.25, 0.3) is 11.4 Å². The Morgan fingerprint density at radius 1 is 1.04 bits per heavy atom. The summed E-state index contributed by atoms with van der Waals surface area (Å²) in [4.78, 5) is 12.6. The van der Waals surface area contributed by atoms with Gasteiger partial charge in [0.15, 0.2) is 22.9 Å². The lowest BCUT2D eigenvalue weighted by molar-refractivity contribution is 0.0881. The first-order chi connectivity index (χ1) is 13.1. The standard InChI is InChI=1S/C20H19N5OS/c1-12-4-6-14(7-5-12)18-21-20-25(22-18)19-17(27-20)16(26-23-19)13-8-10-15(11-9-13)24(2)3/h4-11,16-17H,1-3H3. The molecule has 0 fully saturated rings. The molecule has 6 nitrogen and oxygen atoms in total. The van der Waals surface area contributed by atoms with Gasteiger partial charge in [-0.3, -0.25) is 0 Å². The highest BCUT2D eigenvalue weighted by Crippen LogP contribution is 2.44. The summed E-state index contributed by atoms with van der Waals surface area (Å²) in [6, 6.07) is 16.6. The van der Waals surface area contributed by atoms with Crippen molar-refractivity contribution in [3.05, 3.63) is 59.7 Å². The van der Waals surface area contributed by atoms with E-state index in [0.29, 0.717) is 0 Å². The van der Waals surface area contributed by atoms with E-state index in [1.54, 1.807) is 11.8 Å². The fourth-order valence-corrected chi connectivity index (χ4v) is 4.47. The highest BCUT2D eigenvalue weighted by atomic mass is 32.2. The third-order valence-corrected chi connectivity index (χ3v) is 6.05. The molecule has 1 aromatic heterocycles. The van der Waals surface area contributed by atoms with Gasteiger partial charge >= 0.3 is 0 Å². The monoisotopic (exact) mass is 377 g/mol. The molecule has 0 radical (unpaired) electrons. The molecule has 27 heavy (non-hydrogen) atoms. The molecule has 2 aromatic carbocycles. The van der Waals surface area contributed by atoms with Crippen LogP contribution >= 0.6 is 11.8 Å². The Labute approximate surface area is 161 Å². The van der Waals surface area contributed by atoms with Crippen LogP contribution in [0.3, 0.4) is 0 Å². The Morgan fingerprint density at radius 3 is 2.48 bits per heavy atom. The van der Waals surface area contributed by atoms with Crippen LogP contribution in [0.2, 0.25) is 0 Å². The summed E-state index contributed by atoms with van der Waals surface area (Å²) < 4.78 is 1.82. The van der Waals surface area contributed by atoms with Gasteiger partial charge in [0.05, 0.1) is 0 Å². The summed E-state index contributed by atoms with van der Waals surface area (Å²) in [6.45, 7) is 2.07. The molecule has 2 aliphatic rings. The smallest absolute Gasteiger partial charge is 0.193 e. The number of hydrogen-bond acceptors (Lipinski definition) is 6. The van der Waals surface area contributed by atoms with Crippen LogP contribution < -0.4 is 4.90 Å². The number of aryl methyl sites for hydroxylation is 1. The highest BCUT2D eigenvalue weighted by Gasteiger charge is 2.45. The second-order valence-electron chi connectivity index (χ2n) is 7.00. The SMILES string of the molecule is Cc1ccc(-c2nc3n(n2)C2=NOC(c4ccc(N(C)C)cc4)C2S3)cc1. The van der Waals surface area contributed by atoms with Gasteiger partial charge < -0.3 is 9.74 Å². The normalized spacial score (nSPS) is 20.0. The van der Waals surface area contributed by atoms with E-state index in [4.69, 9.17) is 9.82 Å². The molecular weight excluding hydrogens is 358 g/mol. The van der Waals surface area contributed by atoms with E-state index < -0.39 is 0 Å². The third-order valence-electron chi connectivity index (χ3n) is 4.86. The zero-order valence-electron chi connectivity index (χ0n) is 15.3. The van der Waals surface area contributed by atoms with Crippen molar-refractivity contribution in [3.63, 3.8) is 0 Å². The summed E-state index contributed by atoms with van der Waals surface area (Å²) in [5, 5.41) is 9.94. The number of rotatable bonds is 3. The lowest BCUT2D eigenvalue weighted by Gasteiger charge is -2.16. The maximum Gasteiger partial charge on any atom is 0.193 e. The van der Waals surface area contributed by atoms with Crippen LogP contribution in [-0.2, 0) is 4.84 Å². The molecule has 0 amide bonds. The molecule has 0 aliphatic carbocycles. The topological polar surface area (TPSA) is 55.5 Å². The van der Waals surface area contributed by atoms with Crippen molar-refractivity contribution in [3.8, 4) is 11.4 Å². The maximum atomic E-state index is 5.76. The number of benzene rings is 2. The molecule has 0 bridgehead atoms. The van der Waals surface area contributed by atoms with E-state index >= 15 is 0 Å². The molecule has 0 N–H and O–H groups in total. The Morgan fingerprint density at radius 2 is 1.78 bits per heavy atom. The summed E-state index contributed by atoms with van der Waals surface area (Å²) in [7, 11) is 4.07. The van der Waals surface area contributed by atoms with Crippen LogP contribution in [0.5, 0.6) is 0 Å². The van der Waals surface area contributed by atoms with Gasteiger partial charge in [0.2, 0.25) is 0 Å². The van der Waals surface area contributed by atoms with Crippen molar-refractivity contribution < 1.29 is 4.84 Å². The Hall–Kier alpha value is -2.80. The number of thioether (sulfide) groups is 1. The maximum absolute atomic E-state index is 5.76. The van der Waals surface area contributed by atoms with Gasteiger partial charge in [-0.1, -0.05) is 58.9 Å². The molecule has 136 valence electrons. The van der Waals surface area contributed by atoms with Crippen LogP contribution in [0.4, 0.5) is 5.69 Å². The average molecular weight is 377 g/mol. The zero-order valence-corrected chi connectivity index (χ0v) is 16.1. The number of nitrogens with zero attached hydrogens (tertiary/aromatic N) is 5. The molecule has 3 heterocycles. The molecule has 5 rings (SSSR count). The van der Waals surface area contributed by atoms with Crippen LogP contribution in [0.1, 0.15) is 17.2 Å². The molecule has 0 spiro atoms. The van der Waals surface area contributed by atoms with E-state index in [-0.39, 0.29) is 11.4 Å². The van der Waals surface area contributed by atoms with E-state index in [2.05, 4.69) is 58.5 Å². The largest absolute Gasteiger partial charge is 0.384 e. The summed E-state index contributed by atoms with van der Waals surface area (Å²) in [5.74, 6) is 1.54. The summed E-state index contributed by atoms with van der Waals surface area (Å²) >= 11 is 1.66. The van der Waals surface area contributed by atoms with E-state index in [0.717, 1.165) is 33.6 Å². The molecule has 3 aromatic rings. The molecular formula is C20H19N5OS. The number of fused-ring (bicyclic) bond motifs is 3. The third kappa shape index (κ3) is 2.70. The molecule has 7 heteroatoms. The van der Waals surface area contributed by atoms with Gasteiger partial charge in [0, 0.05) is 25.3 Å². The molecule has 0 saturated heterocycles. The Balaban J connectivity index is 1.40. The minimum atomic E-state index is -0.118. The number of anilines is 1. The summed E-state index contributed by atoms with van der Waals surface area (Å²) in [6.07, 6.45) is -0.118. The predicted octanol–water partition coefficient (Wildman–Crippen LogP) is 3.73. The van der Waals surface area contributed by atoms with Gasteiger partial charge in [-0.05, 0) is 24.6 Å².